The van der Waals surface area contributed by atoms with Crippen molar-refractivity contribution in [3.8, 4) is 0 Å². The maximum absolute atomic E-state index is 12.8. The summed E-state index contributed by atoms with van der Waals surface area (Å²) in [5.74, 6) is -1.81. The summed E-state index contributed by atoms with van der Waals surface area (Å²) >= 11 is 0. The standard InChI is InChI=1S/C16H21N3O4/c1-4-10(2)13(14(21)22)18-15(23)16(3)9-12(20)17-11-7-5-6-8-19(11)16/h5-8,10,13H,4,9H2,1-3H3,(H,18,23)(H,21,22). The van der Waals surface area contributed by atoms with E-state index in [1.165, 1.54) is 0 Å². The van der Waals surface area contributed by atoms with Crippen molar-refractivity contribution in [1.29, 1.82) is 0 Å². The van der Waals surface area contributed by atoms with Crippen molar-refractivity contribution in [2.24, 2.45) is 10.9 Å². The van der Waals surface area contributed by atoms with Gasteiger partial charge in [-0.15, -0.1) is 0 Å². The lowest BCUT2D eigenvalue weighted by Crippen LogP contribution is -2.62. The molecule has 2 aliphatic heterocycles. The molecule has 2 aliphatic rings. The fourth-order valence-corrected chi connectivity index (χ4v) is 2.66. The molecule has 0 bridgehead atoms. The van der Waals surface area contributed by atoms with Gasteiger partial charge < -0.3 is 15.3 Å². The first-order valence-corrected chi connectivity index (χ1v) is 7.59. The van der Waals surface area contributed by atoms with Gasteiger partial charge >= 0.3 is 5.97 Å². The molecule has 23 heavy (non-hydrogen) atoms. The highest BCUT2D eigenvalue weighted by Crippen LogP contribution is 2.28. The van der Waals surface area contributed by atoms with Crippen LogP contribution in [0.25, 0.3) is 0 Å². The van der Waals surface area contributed by atoms with E-state index in [1.807, 2.05) is 6.92 Å². The Labute approximate surface area is 134 Å². The predicted octanol–water partition coefficient (Wildman–Crippen LogP) is 1.07. The third kappa shape index (κ3) is 3.18. The van der Waals surface area contributed by atoms with Crippen molar-refractivity contribution in [2.45, 2.75) is 45.2 Å². The number of hydrogen-bond donors (Lipinski definition) is 2. The van der Waals surface area contributed by atoms with Gasteiger partial charge in [-0.2, -0.15) is 4.99 Å². The molecule has 2 heterocycles. The molecular formula is C16H21N3O4. The van der Waals surface area contributed by atoms with E-state index >= 15 is 0 Å². The van der Waals surface area contributed by atoms with Crippen LogP contribution in [0.1, 0.15) is 33.6 Å². The first-order valence-electron chi connectivity index (χ1n) is 7.59. The summed E-state index contributed by atoms with van der Waals surface area (Å²) in [5, 5.41) is 11.9. The van der Waals surface area contributed by atoms with Crippen LogP contribution in [0.5, 0.6) is 0 Å². The number of hydrogen-bond acceptors (Lipinski definition) is 4. The second kappa shape index (κ2) is 6.36. The van der Waals surface area contributed by atoms with E-state index in [1.54, 1.807) is 43.2 Å². The van der Waals surface area contributed by atoms with Crippen LogP contribution < -0.4 is 5.32 Å². The Morgan fingerprint density at radius 2 is 2.17 bits per heavy atom. The molecule has 7 nitrogen and oxygen atoms in total. The normalized spacial score (nSPS) is 25.4. The van der Waals surface area contributed by atoms with E-state index < -0.39 is 29.4 Å². The minimum atomic E-state index is -1.20. The number of rotatable bonds is 5. The van der Waals surface area contributed by atoms with E-state index in [4.69, 9.17) is 0 Å². The second-order valence-electron chi connectivity index (χ2n) is 6.06. The number of carbonyl (C=O) groups is 3. The van der Waals surface area contributed by atoms with Gasteiger partial charge in [-0.3, -0.25) is 9.59 Å². The summed E-state index contributed by atoms with van der Waals surface area (Å²) in [6, 6.07) is -0.994. The summed E-state index contributed by atoms with van der Waals surface area (Å²) in [6.45, 7) is 5.25. The van der Waals surface area contributed by atoms with Gasteiger partial charge in [-0.1, -0.05) is 26.3 Å². The third-order valence-electron chi connectivity index (χ3n) is 4.36. The molecule has 0 aromatic rings. The molecule has 3 unspecified atom stereocenters. The number of carbonyl (C=O) groups excluding carboxylic acids is 2. The van der Waals surface area contributed by atoms with Gasteiger partial charge in [0.2, 0.25) is 5.91 Å². The van der Waals surface area contributed by atoms with Crippen LogP contribution in [0.3, 0.4) is 0 Å². The number of carboxylic acid groups (broad SMARTS) is 1. The maximum Gasteiger partial charge on any atom is 0.326 e. The Morgan fingerprint density at radius 3 is 2.78 bits per heavy atom. The third-order valence-corrected chi connectivity index (χ3v) is 4.36. The molecule has 0 saturated heterocycles. The zero-order chi connectivity index (χ0) is 17.2. The number of amidine groups is 1. The molecule has 2 amide bonds. The lowest BCUT2D eigenvalue weighted by atomic mass is 9.89. The molecule has 0 spiro atoms. The Bertz CT molecular complexity index is 623. The number of aliphatic carboxylic acids is 1. The second-order valence-corrected chi connectivity index (χ2v) is 6.06. The van der Waals surface area contributed by atoms with Crippen LogP contribution in [0.2, 0.25) is 0 Å². The van der Waals surface area contributed by atoms with Crippen LogP contribution in [-0.2, 0) is 14.4 Å². The van der Waals surface area contributed by atoms with Gasteiger partial charge in [-0.05, 0) is 25.0 Å². The summed E-state index contributed by atoms with van der Waals surface area (Å²) in [5.41, 5.74) is -1.20. The van der Waals surface area contributed by atoms with E-state index in [-0.39, 0.29) is 12.3 Å². The molecule has 0 aromatic heterocycles. The van der Waals surface area contributed by atoms with Crippen molar-refractivity contribution in [3.63, 3.8) is 0 Å². The number of allylic oxidation sites excluding steroid dienone is 2. The lowest BCUT2D eigenvalue weighted by molar-refractivity contribution is -0.145. The molecule has 0 aliphatic carbocycles. The summed E-state index contributed by atoms with van der Waals surface area (Å²) in [4.78, 5) is 41.6. The highest BCUT2D eigenvalue weighted by atomic mass is 16.4. The van der Waals surface area contributed by atoms with Crippen molar-refractivity contribution >= 4 is 23.6 Å². The molecule has 2 rings (SSSR count). The molecule has 2 N–H and O–H groups in total. The first-order chi connectivity index (χ1) is 10.8. The van der Waals surface area contributed by atoms with Crippen molar-refractivity contribution in [3.05, 3.63) is 24.4 Å². The van der Waals surface area contributed by atoms with Gasteiger partial charge in [-0.25, -0.2) is 4.79 Å². The lowest BCUT2D eigenvalue weighted by Gasteiger charge is -2.42. The zero-order valence-electron chi connectivity index (χ0n) is 13.4. The van der Waals surface area contributed by atoms with Gasteiger partial charge in [0, 0.05) is 6.20 Å². The van der Waals surface area contributed by atoms with Crippen molar-refractivity contribution in [2.75, 3.05) is 0 Å². The van der Waals surface area contributed by atoms with Gasteiger partial charge in [0.1, 0.15) is 17.4 Å². The maximum atomic E-state index is 12.8. The Morgan fingerprint density at radius 1 is 1.48 bits per heavy atom. The quantitative estimate of drug-likeness (QED) is 0.790. The molecule has 0 radical (unpaired) electrons. The highest BCUT2D eigenvalue weighted by molar-refractivity contribution is 6.09. The largest absolute Gasteiger partial charge is 0.480 e. The Kier molecular flexibility index (Phi) is 4.68. The summed E-state index contributed by atoms with van der Waals surface area (Å²) < 4.78 is 0. The average molecular weight is 319 g/mol. The van der Waals surface area contributed by atoms with E-state index in [2.05, 4.69) is 10.3 Å². The van der Waals surface area contributed by atoms with Crippen LogP contribution in [0, 0.1) is 5.92 Å². The number of amides is 2. The average Bonchev–Trinajstić information content (AvgIpc) is 2.51. The van der Waals surface area contributed by atoms with Gasteiger partial charge in [0.25, 0.3) is 5.91 Å². The number of aliphatic imine (C=N–C) groups is 1. The number of fused-ring (bicyclic) bond motifs is 1. The zero-order valence-corrected chi connectivity index (χ0v) is 13.4. The van der Waals surface area contributed by atoms with Crippen LogP contribution in [0.4, 0.5) is 0 Å². The summed E-state index contributed by atoms with van der Waals surface area (Å²) in [6.07, 6.45) is 7.30. The van der Waals surface area contributed by atoms with E-state index in [9.17, 15) is 19.5 Å². The number of nitrogens with zero attached hydrogens (tertiary/aromatic N) is 2. The molecule has 0 saturated carbocycles. The van der Waals surface area contributed by atoms with Crippen LogP contribution in [0.15, 0.2) is 29.4 Å². The molecule has 7 heteroatoms. The first kappa shape index (κ1) is 16.9. The fraction of sp³-hybridized carbons (Fsp3) is 0.500. The van der Waals surface area contributed by atoms with Gasteiger partial charge in [0.15, 0.2) is 0 Å². The van der Waals surface area contributed by atoms with E-state index in [0.717, 1.165) is 0 Å². The van der Waals surface area contributed by atoms with Crippen LogP contribution in [-0.4, -0.2) is 45.2 Å². The SMILES string of the molecule is CCC(C)C(NC(=O)C1(C)CC(=O)N=C2C=CC=CN21)C(=O)O. The highest BCUT2D eigenvalue weighted by Gasteiger charge is 2.46. The molecular weight excluding hydrogens is 298 g/mol. The molecule has 124 valence electrons. The fourth-order valence-electron chi connectivity index (χ4n) is 2.66. The molecule has 0 fully saturated rings. The van der Waals surface area contributed by atoms with E-state index in [0.29, 0.717) is 12.3 Å². The Balaban J connectivity index is 2.28. The van der Waals surface area contributed by atoms with Crippen molar-refractivity contribution < 1.29 is 19.5 Å². The minimum Gasteiger partial charge on any atom is -0.480 e. The topological polar surface area (TPSA) is 99.1 Å². The monoisotopic (exact) mass is 319 g/mol. The Hall–Kier alpha value is -2.44. The summed E-state index contributed by atoms with van der Waals surface area (Å²) in [7, 11) is 0. The number of carboxylic acids is 1. The smallest absolute Gasteiger partial charge is 0.326 e. The minimum absolute atomic E-state index is 0.104. The predicted molar refractivity (Wildman–Crippen MR) is 84.6 cm³/mol. The van der Waals surface area contributed by atoms with Crippen molar-refractivity contribution in [1.82, 2.24) is 10.2 Å². The molecule has 0 aromatic carbocycles. The molecule has 3 atom stereocenters. The van der Waals surface area contributed by atoms with Gasteiger partial charge in [0.05, 0.1) is 6.42 Å². The van der Waals surface area contributed by atoms with Crippen LogP contribution >= 0.6 is 0 Å². The number of nitrogens with one attached hydrogen (secondary N) is 1.